The van der Waals surface area contributed by atoms with Gasteiger partial charge in [-0.05, 0) is 62.2 Å². The average molecular weight is 334 g/mol. The van der Waals surface area contributed by atoms with Gasteiger partial charge in [0.2, 0.25) is 0 Å². The maximum Gasteiger partial charge on any atom is 0.119 e. The minimum Gasteiger partial charge on any atom is -0.494 e. The second-order valence-corrected chi connectivity index (χ2v) is 5.75. The molecular formula is C17H20BrNO. The quantitative estimate of drug-likeness (QED) is 0.812. The van der Waals surface area contributed by atoms with Crippen LogP contribution >= 0.6 is 15.9 Å². The predicted octanol–water partition coefficient (Wildman–Crippen LogP) is 4.89. The number of anilines is 1. The summed E-state index contributed by atoms with van der Waals surface area (Å²) in [7, 11) is 0. The lowest BCUT2D eigenvalue weighted by Crippen LogP contribution is -2.17. The third-order valence-corrected chi connectivity index (χ3v) is 3.56. The second kappa shape index (κ2) is 7.34. The van der Waals surface area contributed by atoms with Crippen LogP contribution < -0.4 is 10.1 Å². The van der Waals surface area contributed by atoms with Crippen molar-refractivity contribution in [1.82, 2.24) is 0 Å². The van der Waals surface area contributed by atoms with Crippen LogP contribution in [0.1, 0.15) is 19.4 Å². The summed E-state index contributed by atoms with van der Waals surface area (Å²) in [6, 6.07) is 17.0. The number of rotatable bonds is 6. The Balaban J connectivity index is 1.90. The summed E-state index contributed by atoms with van der Waals surface area (Å²) in [6.45, 7) is 4.89. The Morgan fingerprint density at radius 1 is 1.05 bits per heavy atom. The molecular weight excluding hydrogens is 314 g/mol. The SMILES string of the molecule is CCOc1ccc(NC(C)Cc2ccc(Br)cc2)cc1. The first-order valence-corrected chi connectivity index (χ1v) is 7.70. The molecule has 0 saturated heterocycles. The molecule has 0 aliphatic heterocycles. The number of halogens is 1. The maximum atomic E-state index is 5.44. The molecule has 2 aromatic carbocycles. The molecule has 0 heterocycles. The van der Waals surface area contributed by atoms with Crippen LogP contribution in [-0.4, -0.2) is 12.6 Å². The molecule has 1 N–H and O–H groups in total. The lowest BCUT2D eigenvalue weighted by molar-refractivity contribution is 0.340. The van der Waals surface area contributed by atoms with E-state index in [4.69, 9.17) is 4.74 Å². The highest BCUT2D eigenvalue weighted by Crippen LogP contribution is 2.18. The lowest BCUT2D eigenvalue weighted by Gasteiger charge is -2.16. The molecule has 0 spiro atoms. The fourth-order valence-electron chi connectivity index (χ4n) is 2.12. The van der Waals surface area contributed by atoms with Gasteiger partial charge in [0, 0.05) is 16.2 Å². The van der Waals surface area contributed by atoms with Gasteiger partial charge in [-0.3, -0.25) is 0 Å². The van der Waals surface area contributed by atoms with E-state index in [1.54, 1.807) is 0 Å². The predicted molar refractivity (Wildman–Crippen MR) is 88.5 cm³/mol. The van der Waals surface area contributed by atoms with E-state index in [0.29, 0.717) is 12.6 Å². The summed E-state index contributed by atoms with van der Waals surface area (Å²) in [5, 5.41) is 3.51. The Labute approximate surface area is 129 Å². The molecule has 3 heteroatoms. The lowest BCUT2D eigenvalue weighted by atomic mass is 10.1. The smallest absolute Gasteiger partial charge is 0.119 e. The zero-order valence-corrected chi connectivity index (χ0v) is 13.5. The van der Waals surface area contributed by atoms with Crippen molar-refractivity contribution in [2.75, 3.05) is 11.9 Å². The van der Waals surface area contributed by atoms with Gasteiger partial charge in [0.15, 0.2) is 0 Å². The van der Waals surface area contributed by atoms with Crippen LogP contribution in [0.15, 0.2) is 53.0 Å². The van der Waals surface area contributed by atoms with Crippen LogP contribution in [0.2, 0.25) is 0 Å². The van der Waals surface area contributed by atoms with E-state index in [1.165, 1.54) is 5.56 Å². The first-order valence-electron chi connectivity index (χ1n) is 6.91. The first-order chi connectivity index (χ1) is 9.67. The van der Waals surface area contributed by atoms with Crippen molar-refractivity contribution in [2.45, 2.75) is 26.3 Å². The van der Waals surface area contributed by atoms with Gasteiger partial charge < -0.3 is 10.1 Å². The van der Waals surface area contributed by atoms with Gasteiger partial charge in [-0.15, -0.1) is 0 Å². The summed E-state index contributed by atoms with van der Waals surface area (Å²) < 4.78 is 6.56. The molecule has 1 atom stereocenters. The molecule has 0 amide bonds. The topological polar surface area (TPSA) is 21.3 Å². The number of hydrogen-bond donors (Lipinski definition) is 1. The van der Waals surface area contributed by atoms with Gasteiger partial charge >= 0.3 is 0 Å². The van der Waals surface area contributed by atoms with E-state index >= 15 is 0 Å². The number of ether oxygens (including phenoxy) is 1. The van der Waals surface area contributed by atoms with Gasteiger partial charge in [0.25, 0.3) is 0 Å². The molecule has 106 valence electrons. The standard InChI is InChI=1S/C17H20BrNO/c1-3-20-17-10-8-16(9-11-17)19-13(2)12-14-4-6-15(18)7-5-14/h4-11,13,19H,3,12H2,1-2H3. The number of nitrogens with one attached hydrogen (secondary N) is 1. The highest BCUT2D eigenvalue weighted by Gasteiger charge is 2.04. The summed E-state index contributed by atoms with van der Waals surface area (Å²) in [6.07, 6.45) is 1.00. The van der Waals surface area contributed by atoms with E-state index < -0.39 is 0 Å². The van der Waals surface area contributed by atoms with E-state index in [9.17, 15) is 0 Å². The molecule has 0 saturated carbocycles. The molecule has 0 radical (unpaired) electrons. The Hall–Kier alpha value is -1.48. The zero-order valence-electron chi connectivity index (χ0n) is 11.9. The van der Waals surface area contributed by atoms with Gasteiger partial charge in [-0.1, -0.05) is 28.1 Å². The molecule has 2 nitrogen and oxygen atoms in total. The number of benzene rings is 2. The van der Waals surface area contributed by atoms with Crippen LogP contribution in [0.3, 0.4) is 0 Å². The minimum atomic E-state index is 0.383. The Kier molecular flexibility index (Phi) is 5.48. The molecule has 2 rings (SSSR count). The zero-order chi connectivity index (χ0) is 14.4. The molecule has 0 aliphatic rings. The summed E-state index contributed by atoms with van der Waals surface area (Å²) >= 11 is 3.46. The monoisotopic (exact) mass is 333 g/mol. The van der Waals surface area contributed by atoms with Crippen LogP contribution in [0, 0.1) is 0 Å². The molecule has 0 fully saturated rings. The number of hydrogen-bond acceptors (Lipinski definition) is 2. The average Bonchev–Trinajstić information content (AvgIpc) is 2.44. The van der Waals surface area contributed by atoms with Crippen molar-refractivity contribution in [3.05, 3.63) is 58.6 Å². The minimum absolute atomic E-state index is 0.383. The van der Waals surface area contributed by atoms with Crippen molar-refractivity contribution in [3.63, 3.8) is 0 Å². The highest BCUT2D eigenvalue weighted by atomic mass is 79.9. The summed E-state index contributed by atoms with van der Waals surface area (Å²) in [4.78, 5) is 0. The molecule has 20 heavy (non-hydrogen) atoms. The Bertz CT molecular complexity index is 522. The van der Waals surface area contributed by atoms with Crippen molar-refractivity contribution >= 4 is 21.6 Å². The van der Waals surface area contributed by atoms with Crippen molar-refractivity contribution < 1.29 is 4.74 Å². The normalized spacial score (nSPS) is 11.9. The van der Waals surface area contributed by atoms with Crippen LogP contribution in [0.4, 0.5) is 5.69 Å². The fraction of sp³-hybridized carbons (Fsp3) is 0.294. The van der Waals surface area contributed by atoms with Crippen molar-refractivity contribution in [2.24, 2.45) is 0 Å². The Morgan fingerprint density at radius 3 is 2.30 bits per heavy atom. The van der Waals surface area contributed by atoms with E-state index in [0.717, 1.165) is 22.3 Å². The van der Waals surface area contributed by atoms with Crippen LogP contribution in [0.25, 0.3) is 0 Å². The van der Waals surface area contributed by atoms with Gasteiger partial charge in [0.05, 0.1) is 6.61 Å². The van der Waals surface area contributed by atoms with E-state index in [1.807, 2.05) is 19.1 Å². The third kappa shape index (κ3) is 4.57. The van der Waals surface area contributed by atoms with Crippen molar-refractivity contribution in [3.8, 4) is 5.75 Å². The van der Waals surface area contributed by atoms with Crippen LogP contribution in [-0.2, 0) is 6.42 Å². The molecule has 0 bridgehead atoms. The molecule has 2 aromatic rings. The van der Waals surface area contributed by atoms with Gasteiger partial charge in [-0.2, -0.15) is 0 Å². The second-order valence-electron chi connectivity index (χ2n) is 4.83. The summed E-state index contributed by atoms with van der Waals surface area (Å²) in [5.74, 6) is 0.915. The molecule has 0 aliphatic carbocycles. The largest absolute Gasteiger partial charge is 0.494 e. The molecule has 0 aromatic heterocycles. The Morgan fingerprint density at radius 2 is 1.70 bits per heavy atom. The first kappa shape index (κ1) is 14.9. The highest BCUT2D eigenvalue weighted by molar-refractivity contribution is 9.10. The third-order valence-electron chi connectivity index (χ3n) is 3.03. The fourth-order valence-corrected chi connectivity index (χ4v) is 2.39. The van der Waals surface area contributed by atoms with Crippen molar-refractivity contribution in [1.29, 1.82) is 0 Å². The molecule has 1 unspecified atom stereocenters. The van der Waals surface area contributed by atoms with Gasteiger partial charge in [-0.25, -0.2) is 0 Å². The van der Waals surface area contributed by atoms with Crippen LogP contribution in [0.5, 0.6) is 5.75 Å². The maximum absolute atomic E-state index is 5.44. The summed E-state index contributed by atoms with van der Waals surface area (Å²) in [5.41, 5.74) is 2.46. The van der Waals surface area contributed by atoms with E-state index in [-0.39, 0.29) is 0 Å². The van der Waals surface area contributed by atoms with Gasteiger partial charge in [0.1, 0.15) is 5.75 Å². The van der Waals surface area contributed by atoms with E-state index in [2.05, 4.69) is 64.6 Å².